The molecule has 0 bridgehead atoms. The maximum atomic E-state index is 5.77. The number of hydrogen-bond donors (Lipinski definition) is 1. The standard InChI is InChI=1S/C14H19NO/c1-2-7-13(15-9-5-1)12-10-16-14-8-4-3-6-11(12)14/h3-4,6,8,12-13,15H,1-2,5,7,9-10H2. The van der Waals surface area contributed by atoms with E-state index in [1.165, 1.54) is 37.8 Å². The monoisotopic (exact) mass is 217 g/mol. The fourth-order valence-corrected chi connectivity index (χ4v) is 2.92. The highest BCUT2D eigenvalue weighted by molar-refractivity contribution is 5.40. The van der Waals surface area contributed by atoms with Gasteiger partial charge in [-0.15, -0.1) is 0 Å². The van der Waals surface area contributed by atoms with Gasteiger partial charge in [-0.1, -0.05) is 31.0 Å². The van der Waals surface area contributed by atoms with Gasteiger partial charge in [0.15, 0.2) is 0 Å². The average Bonchev–Trinajstić information content (AvgIpc) is 2.57. The Bertz CT molecular complexity index is 356. The lowest BCUT2D eigenvalue weighted by atomic mass is 9.90. The van der Waals surface area contributed by atoms with Crippen LogP contribution in [-0.4, -0.2) is 19.2 Å². The number of rotatable bonds is 1. The molecule has 0 amide bonds. The fourth-order valence-electron chi connectivity index (χ4n) is 2.92. The first kappa shape index (κ1) is 10.2. The molecule has 2 unspecified atom stereocenters. The number of fused-ring (bicyclic) bond motifs is 1. The van der Waals surface area contributed by atoms with E-state index < -0.39 is 0 Å². The molecule has 2 aliphatic heterocycles. The van der Waals surface area contributed by atoms with Gasteiger partial charge in [0.25, 0.3) is 0 Å². The van der Waals surface area contributed by atoms with Gasteiger partial charge in [0.05, 0.1) is 6.61 Å². The Morgan fingerprint density at radius 2 is 2.06 bits per heavy atom. The van der Waals surface area contributed by atoms with Crippen LogP contribution in [0, 0.1) is 0 Å². The molecule has 2 heteroatoms. The number of benzene rings is 1. The van der Waals surface area contributed by atoms with Crippen LogP contribution in [-0.2, 0) is 0 Å². The van der Waals surface area contributed by atoms with Crippen LogP contribution in [0.4, 0.5) is 0 Å². The molecular weight excluding hydrogens is 198 g/mol. The van der Waals surface area contributed by atoms with Crippen molar-refractivity contribution in [1.82, 2.24) is 5.32 Å². The van der Waals surface area contributed by atoms with Crippen molar-refractivity contribution in [3.8, 4) is 5.75 Å². The van der Waals surface area contributed by atoms with E-state index in [1.807, 2.05) is 0 Å². The van der Waals surface area contributed by atoms with E-state index in [-0.39, 0.29) is 0 Å². The molecule has 2 aliphatic rings. The minimum atomic E-state index is 0.564. The van der Waals surface area contributed by atoms with Crippen molar-refractivity contribution in [1.29, 1.82) is 0 Å². The third-order valence-electron chi connectivity index (χ3n) is 3.82. The Hall–Kier alpha value is -1.02. The van der Waals surface area contributed by atoms with Gasteiger partial charge < -0.3 is 10.1 Å². The van der Waals surface area contributed by atoms with Crippen molar-refractivity contribution in [2.45, 2.75) is 37.6 Å². The van der Waals surface area contributed by atoms with Crippen LogP contribution < -0.4 is 10.1 Å². The molecule has 16 heavy (non-hydrogen) atoms. The summed E-state index contributed by atoms with van der Waals surface area (Å²) < 4.78 is 5.77. The summed E-state index contributed by atoms with van der Waals surface area (Å²) in [6, 6.07) is 9.11. The molecule has 2 nitrogen and oxygen atoms in total. The first-order valence-corrected chi connectivity index (χ1v) is 6.40. The predicted octanol–water partition coefficient (Wildman–Crippen LogP) is 2.69. The molecule has 0 aromatic heterocycles. The van der Waals surface area contributed by atoms with E-state index >= 15 is 0 Å². The van der Waals surface area contributed by atoms with Crippen LogP contribution in [0.25, 0.3) is 0 Å². The molecule has 1 N–H and O–H groups in total. The summed E-state index contributed by atoms with van der Waals surface area (Å²) in [5, 5.41) is 3.68. The van der Waals surface area contributed by atoms with Gasteiger partial charge in [0.2, 0.25) is 0 Å². The Labute approximate surface area is 97.0 Å². The van der Waals surface area contributed by atoms with Gasteiger partial charge in [-0.2, -0.15) is 0 Å². The normalized spacial score (nSPS) is 29.2. The zero-order valence-corrected chi connectivity index (χ0v) is 9.61. The van der Waals surface area contributed by atoms with E-state index in [0.29, 0.717) is 12.0 Å². The topological polar surface area (TPSA) is 21.3 Å². The van der Waals surface area contributed by atoms with Gasteiger partial charge in [0, 0.05) is 17.5 Å². The Morgan fingerprint density at radius 3 is 3.06 bits per heavy atom. The highest BCUT2D eigenvalue weighted by Crippen LogP contribution is 2.37. The van der Waals surface area contributed by atoms with Gasteiger partial charge >= 0.3 is 0 Å². The molecule has 2 atom stereocenters. The van der Waals surface area contributed by atoms with Gasteiger partial charge in [-0.25, -0.2) is 0 Å². The fraction of sp³-hybridized carbons (Fsp3) is 0.571. The van der Waals surface area contributed by atoms with Crippen molar-refractivity contribution in [2.75, 3.05) is 13.2 Å². The quantitative estimate of drug-likeness (QED) is 0.781. The van der Waals surface area contributed by atoms with Crippen LogP contribution in [0.15, 0.2) is 24.3 Å². The largest absolute Gasteiger partial charge is 0.493 e. The predicted molar refractivity (Wildman–Crippen MR) is 64.9 cm³/mol. The minimum Gasteiger partial charge on any atom is -0.493 e. The van der Waals surface area contributed by atoms with Gasteiger partial charge in [-0.3, -0.25) is 0 Å². The molecule has 0 radical (unpaired) electrons. The van der Waals surface area contributed by atoms with Gasteiger partial charge in [0.1, 0.15) is 5.75 Å². The van der Waals surface area contributed by atoms with Crippen molar-refractivity contribution in [2.24, 2.45) is 0 Å². The molecule has 1 fully saturated rings. The van der Waals surface area contributed by atoms with Gasteiger partial charge in [-0.05, 0) is 25.5 Å². The van der Waals surface area contributed by atoms with Crippen LogP contribution in [0.1, 0.15) is 37.2 Å². The van der Waals surface area contributed by atoms with E-state index in [4.69, 9.17) is 4.74 Å². The van der Waals surface area contributed by atoms with E-state index in [2.05, 4.69) is 29.6 Å². The summed E-state index contributed by atoms with van der Waals surface area (Å²) in [7, 11) is 0. The molecule has 2 heterocycles. The Kier molecular flexibility index (Phi) is 2.83. The lowest BCUT2D eigenvalue weighted by Gasteiger charge is -2.22. The number of para-hydroxylation sites is 1. The Morgan fingerprint density at radius 1 is 1.12 bits per heavy atom. The molecule has 1 saturated heterocycles. The first-order valence-electron chi connectivity index (χ1n) is 6.40. The maximum absolute atomic E-state index is 5.77. The van der Waals surface area contributed by atoms with Crippen molar-refractivity contribution >= 4 is 0 Å². The number of nitrogens with one attached hydrogen (secondary N) is 1. The molecule has 1 aromatic carbocycles. The zero-order valence-electron chi connectivity index (χ0n) is 9.61. The second-order valence-corrected chi connectivity index (χ2v) is 4.87. The summed E-state index contributed by atoms with van der Waals surface area (Å²) in [6.07, 6.45) is 5.35. The third-order valence-corrected chi connectivity index (χ3v) is 3.82. The SMILES string of the molecule is c1ccc2c(c1)OCC2C1CCCCCN1. The van der Waals surface area contributed by atoms with Crippen molar-refractivity contribution in [3.05, 3.63) is 29.8 Å². The van der Waals surface area contributed by atoms with Crippen molar-refractivity contribution in [3.63, 3.8) is 0 Å². The minimum absolute atomic E-state index is 0.564. The lowest BCUT2D eigenvalue weighted by molar-refractivity contribution is 0.295. The van der Waals surface area contributed by atoms with Crippen LogP contribution in [0.3, 0.4) is 0 Å². The van der Waals surface area contributed by atoms with E-state index in [0.717, 1.165) is 12.4 Å². The molecule has 1 aromatic rings. The van der Waals surface area contributed by atoms with Crippen LogP contribution in [0.2, 0.25) is 0 Å². The average molecular weight is 217 g/mol. The summed E-state index contributed by atoms with van der Waals surface area (Å²) in [5.74, 6) is 1.66. The summed E-state index contributed by atoms with van der Waals surface area (Å²) in [4.78, 5) is 0. The molecule has 86 valence electrons. The summed E-state index contributed by atoms with van der Waals surface area (Å²) >= 11 is 0. The molecule has 0 spiro atoms. The number of ether oxygens (including phenoxy) is 1. The van der Waals surface area contributed by atoms with E-state index in [1.54, 1.807) is 0 Å². The molecular formula is C14H19NO. The Balaban J connectivity index is 1.80. The summed E-state index contributed by atoms with van der Waals surface area (Å²) in [6.45, 7) is 2.03. The first-order chi connectivity index (χ1) is 7.95. The lowest BCUT2D eigenvalue weighted by Crippen LogP contribution is -2.34. The van der Waals surface area contributed by atoms with E-state index in [9.17, 15) is 0 Å². The molecule has 0 aliphatic carbocycles. The second kappa shape index (κ2) is 4.46. The highest BCUT2D eigenvalue weighted by Gasteiger charge is 2.31. The van der Waals surface area contributed by atoms with Crippen molar-refractivity contribution < 1.29 is 4.74 Å². The van der Waals surface area contributed by atoms with Crippen LogP contribution in [0.5, 0.6) is 5.75 Å². The second-order valence-electron chi connectivity index (χ2n) is 4.87. The smallest absolute Gasteiger partial charge is 0.122 e. The third kappa shape index (κ3) is 1.82. The zero-order chi connectivity index (χ0) is 10.8. The molecule has 0 saturated carbocycles. The highest BCUT2D eigenvalue weighted by atomic mass is 16.5. The maximum Gasteiger partial charge on any atom is 0.122 e. The summed E-state index contributed by atoms with van der Waals surface area (Å²) in [5.41, 5.74) is 1.40. The van der Waals surface area contributed by atoms with Crippen LogP contribution >= 0.6 is 0 Å². The number of hydrogen-bond acceptors (Lipinski definition) is 2. The molecule has 3 rings (SSSR count).